The highest BCUT2D eigenvalue weighted by molar-refractivity contribution is 5.81. The molecule has 0 saturated carbocycles. The Balaban J connectivity index is 1.46. The molecule has 0 unspecified atom stereocenters. The number of fused-ring (bicyclic) bond motifs is 1. The van der Waals surface area contributed by atoms with Gasteiger partial charge >= 0.3 is 0 Å². The van der Waals surface area contributed by atoms with Gasteiger partial charge < -0.3 is 9.47 Å². The second kappa shape index (κ2) is 8.53. The highest BCUT2D eigenvalue weighted by atomic mass is 16.5. The Morgan fingerprint density at radius 3 is 2.86 bits per heavy atom. The molecule has 1 saturated heterocycles. The molecule has 3 heterocycles. The van der Waals surface area contributed by atoms with Crippen LogP contribution in [0.5, 0.6) is 0 Å². The van der Waals surface area contributed by atoms with Crippen LogP contribution in [0.3, 0.4) is 0 Å². The average molecular weight is 382 g/mol. The highest BCUT2D eigenvalue weighted by Gasteiger charge is 2.18. The third kappa shape index (κ3) is 4.23. The molecular formula is C20H26N6O2. The van der Waals surface area contributed by atoms with E-state index in [1.165, 1.54) is 42.5 Å². The molecule has 2 aliphatic rings. The van der Waals surface area contributed by atoms with Crippen LogP contribution in [0.15, 0.2) is 52.4 Å². The van der Waals surface area contributed by atoms with E-state index in [4.69, 9.17) is 5.21 Å². The predicted octanol–water partition coefficient (Wildman–Crippen LogP) is 2.70. The number of benzene rings is 1. The number of hydroxylamine groups is 1. The summed E-state index contributed by atoms with van der Waals surface area (Å²) in [5.41, 5.74) is 4.83. The number of hydrogen-bond acceptors (Lipinski definition) is 6. The summed E-state index contributed by atoms with van der Waals surface area (Å²) in [6.45, 7) is 5.66. The van der Waals surface area contributed by atoms with Crippen LogP contribution in [0, 0.1) is 0 Å². The maximum Gasteiger partial charge on any atom is 0.247 e. The van der Waals surface area contributed by atoms with Crippen LogP contribution < -0.4 is 5.48 Å². The second-order valence-electron chi connectivity index (χ2n) is 7.34. The first kappa shape index (κ1) is 18.6. The number of likely N-dealkylation sites (tertiary alicyclic amines) is 1. The standard InChI is InChI=1S/C20H26N6O2/c27-20(22-28)8-7-17-14-25(23-21-17)15-18-13-16-5-1-2-6-19(16)26(18)12-11-24-9-3-4-10-24/h1-2,5-7,13,28H,3-4,8-12,14-15H2,(H,22,27)/b17-7-. The van der Waals surface area contributed by atoms with Crippen molar-refractivity contribution in [3.05, 3.63) is 47.8 Å². The average Bonchev–Trinajstić information content (AvgIpc) is 3.45. The van der Waals surface area contributed by atoms with Crippen LogP contribution in [0.25, 0.3) is 10.9 Å². The minimum atomic E-state index is -0.455. The first-order chi connectivity index (χ1) is 13.7. The second-order valence-corrected chi connectivity index (χ2v) is 7.34. The number of hydrogen-bond donors (Lipinski definition) is 2. The topological polar surface area (TPSA) is 85.5 Å². The minimum Gasteiger partial charge on any atom is -0.342 e. The van der Waals surface area contributed by atoms with Gasteiger partial charge in [-0.15, -0.1) is 5.11 Å². The van der Waals surface area contributed by atoms with E-state index in [1.807, 2.05) is 5.01 Å². The van der Waals surface area contributed by atoms with Crippen molar-refractivity contribution in [2.75, 3.05) is 26.2 Å². The van der Waals surface area contributed by atoms with Crippen molar-refractivity contribution in [3.63, 3.8) is 0 Å². The maximum atomic E-state index is 11.2. The van der Waals surface area contributed by atoms with Crippen LogP contribution in [-0.4, -0.2) is 51.8 Å². The number of carbonyl (C=O) groups is 1. The number of carbonyl (C=O) groups excluding carboxylic acids is 1. The molecule has 4 rings (SSSR count). The molecule has 148 valence electrons. The van der Waals surface area contributed by atoms with Gasteiger partial charge in [-0.25, -0.2) is 5.48 Å². The molecule has 1 aromatic carbocycles. The fourth-order valence-corrected chi connectivity index (χ4v) is 3.92. The molecule has 28 heavy (non-hydrogen) atoms. The molecule has 0 radical (unpaired) electrons. The van der Waals surface area contributed by atoms with Gasteiger partial charge in [-0.2, -0.15) is 0 Å². The van der Waals surface area contributed by atoms with E-state index in [1.54, 1.807) is 11.6 Å². The molecule has 2 aromatic rings. The zero-order chi connectivity index (χ0) is 19.3. The SMILES string of the molecule is O=C(C/C=C1/CN(Cc2cc3ccccc3n2CCN2CCCC2)N=N1)NO. The molecule has 1 aromatic heterocycles. The van der Waals surface area contributed by atoms with Crippen LogP contribution >= 0.6 is 0 Å². The van der Waals surface area contributed by atoms with Gasteiger partial charge in [-0.1, -0.05) is 23.4 Å². The number of aromatic nitrogens is 1. The lowest BCUT2D eigenvalue weighted by Gasteiger charge is -2.19. The monoisotopic (exact) mass is 382 g/mol. The molecule has 0 aliphatic carbocycles. The Morgan fingerprint density at radius 2 is 2.04 bits per heavy atom. The Morgan fingerprint density at radius 1 is 1.21 bits per heavy atom. The van der Waals surface area contributed by atoms with Crippen molar-refractivity contribution in [2.45, 2.75) is 32.4 Å². The fraction of sp³-hybridized carbons (Fsp3) is 0.450. The zero-order valence-electron chi connectivity index (χ0n) is 15.9. The van der Waals surface area contributed by atoms with Gasteiger partial charge in [0.1, 0.15) is 0 Å². The van der Waals surface area contributed by atoms with Crippen LogP contribution in [-0.2, 0) is 17.9 Å². The van der Waals surface area contributed by atoms with Gasteiger partial charge in [-0.3, -0.25) is 15.0 Å². The first-order valence-corrected chi connectivity index (χ1v) is 9.81. The van der Waals surface area contributed by atoms with Gasteiger partial charge in [0.25, 0.3) is 0 Å². The van der Waals surface area contributed by atoms with E-state index in [9.17, 15) is 4.79 Å². The van der Waals surface area contributed by atoms with Crippen molar-refractivity contribution in [1.82, 2.24) is 20.0 Å². The maximum absolute atomic E-state index is 11.2. The largest absolute Gasteiger partial charge is 0.342 e. The van der Waals surface area contributed by atoms with Crippen LogP contribution in [0.2, 0.25) is 0 Å². The summed E-state index contributed by atoms with van der Waals surface area (Å²) in [5, 5.41) is 20.1. The summed E-state index contributed by atoms with van der Waals surface area (Å²) in [4.78, 5) is 13.7. The van der Waals surface area contributed by atoms with Crippen molar-refractivity contribution in [3.8, 4) is 0 Å². The smallest absolute Gasteiger partial charge is 0.247 e. The Bertz CT molecular complexity index is 897. The molecule has 1 amide bonds. The number of nitrogens with zero attached hydrogens (tertiary/aromatic N) is 5. The molecule has 8 heteroatoms. The van der Waals surface area contributed by atoms with E-state index in [0.29, 0.717) is 13.1 Å². The Labute approximate surface area is 164 Å². The number of para-hydroxylation sites is 1. The minimum absolute atomic E-state index is 0.0921. The third-order valence-corrected chi connectivity index (χ3v) is 5.37. The lowest BCUT2D eigenvalue weighted by atomic mass is 10.2. The van der Waals surface area contributed by atoms with Crippen molar-refractivity contribution in [1.29, 1.82) is 0 Å². The normalized spacial score (nSPS) is 18.6. The van der Waals surface area contributed by atoms with Crippen LogP contribution in [0.1, 0.15) is 25.0 Å². The lowest BCUT2D eigenvalue weighted by Crippen LogP contribution is -2.25. The van der Waals surface area contributed by atoms with E-state index >= 15 is 0 Å². The molecule has 0 atom stereocenters. The van der Waals surface area contributed by atoms with Crippen molar-refractivity contribution < 1.29 is 10.0 Å². The Kier molecular flexibility index (Phi) is 5.68. The lowest BCUT2D eigenvalue weighted by molar-refractivity contribution is -0.128. The van der Waals surface area contributed by atoms with E-state index in [2.05, 4.69) is 50.1 Å². The highest BCUT2D eigenvalue weighted by Crippen LogP contribution is 2.24. The van der Waals surface area contributed by atoms with Crippen LogP contribution in [0.4, 0.5) is 0 Å². The fourth-order valence-electron chi connectivity index (χ4n) is 3.92. The summed E-state index contributed by atoms with van der Waals surface area (Å²) in [6, 6.07) is 10.7. The first-order valence-electron chi connectivity index (χ1n) is 9.81. The molecular weight excluding hydrogens is 356 g/mol. The number of amides is 1. The van der Waals surface area contributed by atoms with Gasteiger partial charge in [0.05, 0.1) is 18.8 Å². The number of nitrogens with one attached hydrogen (secondary N) is 1. The van der Waals surface area contributed by atoms with Gasteiger partial charge in [0, 0.05) is 30.7 Å². The van der Waals surface area contributed by atoms with Gasteiger partial charge in [0.15, 0.2) is 0 Å². The molecule has 0 spiro atoms. The van der Waals surface area contributed by atoms with E-state index < -0.39 is 5.91 Å². The zero-order valence-corrected chi connectivity index (χ0v) is 15.9. The molecule has 2 aliphatic heterocycles. The Hall–Kier alpha value is -2.71. The summed E-state index contributed by atoms with van der Waals surface area (Å²) in [5.74, 6) is -0.455. The van der Waals surface area contributed by atoms with E-state index in [-0.39, 0.29) is 6.42 Å². The summed E-state index contributed by atoms with van der Waals surface area (Å²) in [7, 11) is 0. The molecule has 2 N–H and O–H groups in total. The molecule has 1 fully saturated rings. The van der Waals surface area contributed by atoms with Crippen molar-refractivity contribution >= 4 is 16.8 Å². The van der Waals surface area contributed by atoms with E-state index in [0.717, 1.165) is 18.8 Å². The molecule has 0 bridgehead atoms. The van der Waals surface area contributed by atoms with Crippen molar-refractivity contribution in [2.24, 2.45) is 10.3 Å². The quantitative estimate of drug-likeness (QED) is 0.570. The predicted molar refractivity (Wildman–Crippen MR) is 106 cm³/mol. The summed E-state index contributed by atoms with van der Waals surface area (Å²) >= 11 is 0. The third-order valence-electron chi connectivity index (χ3n) is 5.37. The summed E-state index contributed by atoms with van der Waals surface area (Å²) < 4.78 is 2.39. The molecule has 8 nitrogen and oxygen atoms in total. The van der Waals surface area contributed by atoms with Gasteiger partial charge in [-0.05, 0) is 49.5 Å². The van der Waals surface area contributed by atoms with Gasteiger partial charge in [0.2, 0.25) is 5.91 Å². The summed E-state index contributed by atoms with van der Waals surface area (Å²) in [6.07, 6.45) is 4.39. The number of rotatable bonds is 7.